The van der Waals surface area contributed by atoms with Crippen molar-refractivity contribution in [2.75, 3.05) is 6.61 Å². The molecular formula is C28H29F3O2. The van der Waals surface area contributed by atoms with E-state index in [-0.39, 0.29) is 24.3 Å². The average Bonchev–Trinajstić information content (AvgIpc) is 2.85. The highest BCUT2D eigenvalue weighted by atomic mass is 19.2. The molecule has 0 amide bonds. The van der Waals surface area contributed by atoms with Crippen LogP contribution in [0.3, 0.4) is 0 Å². The van der Waals surface area contributed by atoms with Crippen molar-refractivity contribution < 1.29 is 22.7 Å². The monoisotopic (exact) mass is 454 g/mol. The Morgan fingerprint density at radius 1 is 0.939 bits per heavy atom. The first-order valence-electron chi connectivity index (χ1n) is 11.6. The number of ether oxygens (including phenoxy) is 1. The van der Waals surface area contributed by atoms with Gasteiger partial charge in [-0.05, 0) is 72.8 Å². The standard InChI is InChI=1S/C28H29F3O2/c1-2-33-17-23-12-11-22(15-26(23)29)19-7-9-21(10-8-19)25-14-13-24(27(30)28(25)31)20-5-3-18(16-32)4-6-20/h3-6,11-16,19,21,27-28H,2,7-10,17H2,1H3. The number of benzene rings is 2. The normalized spacial score (nSPS) is 25.3. The Kier molecular flexibility index (Phi) is 7.49. The van der Waals surface area contributed by atoms with Gasteiger partial charge in [0.05, 0.1) is 6.61 Å². The fourth-order valence-corrected chi connectivity index (χ4v) is 4.97. The zero-order valence-electron chi connectivity index (χ0n) is 18.8. The van der Waals surface area contributed by atoms with Crippen LogP contribution in [0.25, 0.3) is 5.57 Å². The van der Waals surface area contributed by atoms with Crippen molar-refractivity contribution >= 4 is 11.9 Å². The summed E-state index contributed by atoms with van der Waals surface area (Å²) in [4.78, 5) is 10.8. The Bertz CT molecular complexity index is 1030. The number of aldehydes is 1. The van der Waals surface area contributed by atoms with Crippen molar-refractivity contribution in [2.45, 2.75) is 57.5 Å². The number of hydrogen-bond acceptors (Lipinski definition) is 2. The van der Waals surface area contributed by atoms with Gasteiger partial charge in [0.2, 0.25) is 0 Å². The molecule has 4 rings (SSSR count). The summed E-state index contributed by atoms with van der Waals surface area (Å²) >= 11 is 0. The molecule has 5 heteroatoms. The minimum atomic E-state index is -1.73. The van der Waals surface area contributed by atoms with Gasteiger partial charge in [-0.25, -0.2) is 13.2 Å². The van der Waals surface area contributed by atoms with Gasteiger partial charge in [0.25, 0.3) is 0 Å². The second-order valence-corrected chi connectivity index (χ2v) is 8.87. The Hall–Kier alpha value is -2.66. The molecule has 2 nitrogen and oxygen atoms in total. The van der Waals surface area contributed by atoms with Crippen LogP contribution in [0.15, 0.2) is 60.2 Å². The maximum atomic E-state index is 15.1. The predicted molar refractivity (Wildman–Crippen MR) is 124 cm³/mol. The maximum absolute atomic E-state index is 15.1. The highest BCUT2D eigenvalue weighted by Crippen LogP contribution is 2.43. The number of rotatable bonds is 7. The van der Waals surface area contributed by atoms with E-state index in [1.165, 1.54) is 0 Å². The number of alkyl halides is 2. The van der Waals surface area contributed by atoms with Crippen LogP contribution in [-0.4, -0.2) is 25.2 Å². The molecule has 0 heterocycles. The van der Waals surface area contributed by atoms with Crippen molar-refractivity contribution in [3.63, 3.8) is 0 Å². The summed E-state index contributed by atoms with van der Waals surface area (Å²) in [5, 5.41) is 0. The van der Waals surface area contributed by atoms with Gasteiger partial charge in [-0.2, -0.15) is 0 Å². The second-order valence-electron chi connectivity index (χ2n) is 8.87. The number of hydrogen-bond donors (Lipinski definition) is 0. The summed E-state index contributed by atoms with van der Waals surface area (Å²) in [6, 6.07) is 11.9. The first kappa shape index (κ1) is 23.5. The number of allylic oxidation sites excluding steroid dienone is 4. The van der Waals surface area contributed by atoms with Crippen LogP contribution in [0.5, 0.6) is 0 Å². The van der Waals surface area contributed by atoms with E-state index in [1.54, 1.807) is 48.6 Å². The van der Waals surface area contributed by atoms with Gasteiger partial charge in [-0.3, -0.25) is 4.79 Å². The molecule has 174 valence electrons. The first-order chi connectivity index (χ1) is 16.0. The summed E-state index contributed by atoms with van der Waals surface area (Å²) in [6.07, 6.45) is 3.87. The molecule has 1 fully saturated rings. The molecule has 0 radical (unpaired) electrons. The van der Waals surface area contributed by atoms with Gasteiger partial charge < -0.3 is 4.74 Å². The van der Waals surface area contributed by atoms with Crippen LogP contribution in [0.1, 0.15) is 65.6 Å². The van der Waals surface area contributed by atoms with Gasteiger partial charge in [0, 0.05) is 17.7 Å². The molecule has 2 aromatic rings. The Morgan fingerprint density at radius 3 is 2.27 bits per heavy atom. The predicted octanol–water partition coefficient (Wildman–Crippen LogP) is 7.15. The SMILES string of the molecule is CCOCc1ccc(C2CCC(C3=CC=C(c4ccc(C=O)cc4)C(F)C3F)CC2)cc1F. The molecule has 2 aliphatic carbocycles. The lowest BCUT2D eigenvalue weighted by molar-refractivity contribution is 0.112. The summed E-state index contributed by atoms with van der Waals surface area (Å²) in [6.45, 7) is 2.68. The Labute approximate surface area is 193 Å². The van der Waals surface area contributed by atoms with E-state index in [1.807, 2.05) is 13.0 Å². The molecule has 0 saturated heterocycles. The fraction of sp³-hybridized carbons (Fsp3) is 0.393. The lowest BCUT2D eigenvalue weighted by atomic mass is 9.73. The van der Waals surface area contributed by atoms with Crippen molar-refractivity contribution in [3.05, 3.63) is 88.3 Å². The third-order valence-electron chi connectivity index (χ3n) is 6.92. The van der Waals surface area contributed by atoms with Crippen LogP contribution < -0.4 is 0 Å². The lowest BCUT2D eigenvalue weighted by Gasteiger charge is -2.34. The van der Waals surface area contributed by atoms with Gasteiger partial charge in [-0.1, -0.05) is 48.6 Å². The van der Waals surface area contributed by atoms with E-state index < -0.39 is 12.3 Å². The molecule has 0 spiro atoms. The van der Waals surface area contributed by atoms with E-state index in [0.29, 0.717) is 34.4 Å². The molecule has 2 atom stereocenters. The molecule has 2 aromatic carbocycles. The van der Waals surface area contributed by atoms with Gasteiger partial charge in [0.1, 0.15) is 12.1 Å². The minimum Gasteiger partial charge on any atom is -0.377 e. The summed E-state index contributed by atoms with van der Waals surface area (Å²) in [5.41, 5.74) is 3.43. The molecule has 33 heavy (non-hydrogen) atoms. The summed E-state index contributed by atoms with van der Waals surface area (Å²) in [7, 11) is 0. The van der Waals surface area contributed by atoms with Crippen molar-refractivity contribution in [3.8, 4) is 0 Å². The zero-order valence-corrected chi connectivity index (χ0v) is 18.8. The van der Waals surface area contributed by atoms with Crippen LogP contribution in [0.2, 0.25) is 0 Å². The molecule has 0 bridgehead atoms. The lowest BCUT2D eigenvalue weighted by Crippen LogP contribution is -2.29. The van der Waals surface area contributed by atoms with E-state index in [4.69, 9.17) is 4.74 Å². The van der Waals surface area contributed by atoms with Gasteiger partial charge in [-0.15, -0.1) is 0 Å². The van der Waals surface area contributed by atoms with Crippen LogP contribution in [0.4, 0.5) is 13.2 Å². The quantitative estimate of drug-likeness (QED) is 0.415. The van der Waals surface area contributed by atoms with Crippen LogP contribution in [-0.2, 0) is 11.3 Å². The summed E-state index contributed by atoms with van der Waals surface area (Å²) in [5.74, 6) is -0.0319. The van der Waals surface area contributed by atoms with Crippen molar-refractivity contribution in [1.29, 1.82) is 0 Å². The van der Waals surface area contributed by atoms with Crippen LogP contribution in [0, 0.1) is 11.7 Å². The highest BCUT2D eigenvalue weighted by Gasteiger charge is 2.36. The third kappa shape index (κ3) is 5.14. The summed E-state index contributed by atoms with van der Waals surface area (Å²) < 4.78 is 49.9. The van der Waals surface area contributed by atoms with Crippen molar-refractivity contribution in [2.24, 2.45) is 5.92 Å². The second kappa shape index (κ2) is 10.5. The first-order valence-corrected chi connectivity index (χ1v) is 11.6. The third-order valence-corrected chi connectivity index (χ3v) is 6.92. The smallest absolute Gasteiger partial charge is 0.161 e. The fourth-order valence-electron chi connectivity index (χ4n) is 4.97. The molecular weight excluding hydrogens is 425 g/mol. The molecule has 0 N–H and O–H groups in total. The largest absolute Gasteiger partial charge is 0.377 e. The Morgan fingerprint density at radius 2 is 1.64 bits per heavy atom. The maximum Gasteiger partial charge on any atom is 0.161 e. The van der Waals surface area contributed by atoms with E-state index in [0.717, 1.165) is 37.5 Å². The molecule has 1 saturated carbocycles. The molecule has 0 aliphatic heterocycles. The zero-order chi connectivity index (χ0) is 23.4. The highest BCUT2D eigenvalue weighted by molar-refractivity contribution is 5.78. The number of halogens is 3. The average molecular weight is 455 g/mol. The minimum absolute atomic E-state index is 0.00758. The van der Waals surface area contributed by atoms with Crippen LogP contribution >= 0.6 is 0 Å². The van der Waals surface area contributed by atoms with Gasteiger partial charge >= 0.3 is 0 Å². The van der Waals surface area contributed by atoms with E-state index in [2.05, 4.69) is 0 Å². The molecule has 2 unspecified atom stereocenters. The molecule has 0 aromatic heterocycles. The topological polar surface area (TPSA) is 26.3 Å². The van der Waals surface area contributed by atoms with E-state index in [9.17, 15) is 9.18 Å². The van der Waals surface area contributed by atoms with Gasteiger partial charge in [0.15, 0.2) is 12.3 Å². The number of carbonyl (C=O) groups is 1. The molecule has 2 aliphatic rings. The Balaban J connectivity index is 1.43. The van der Waals surface area contributed by atoms with E-state index >= 15 is 8.78 Å². The van der Waals surface area contributed by atoms with Crippen molar-refractivity contribution in [1.82, 2.24) is 0 Å². The number of carbonyl (C=O) groups excluding carboxylic acids is 1.